The maximum absolute atomic E-state index is 13.9. The van der Waals surface area contributed by atoms with Gasteiger partial charge in [0, 0.05) is 11.1 Å². The molecule has 0 radical (unpaired) electrons. The van der Waals surface area contributed by atoms with Crippen LogP contribution in [0.3, 0.4) is 0 Å². The summed E-state index contributed by atoms with van der Waals surface area (Å²) < 4.78 is 25.4. The van der Waals surface area contributed by atoms with Crippen molar-refractivity contribution in [3.8, 4) is 11.5 Å². The lowest BCUT2D eigenvalue weighted by Crippen LogP contribution is -2.15. The van der Waals surface area contributed by atoms with Gasteiger partial charge in [-0.05, 0) is 47.4 Å². The second-order valence-corrected chi connectivity index (χ2v) is 8.00. The monoisotopic (exact) mass is 407 g/mol. The summed E-state index contributed by atoms with van der Waals surface area (Å²) in [5.74, 6) is 0.514. The number of carbonyl (C=O) groups is 1. The average molecular weight is 407 g/mol. The summed E-state index contributed by atoms with van der Waals surface area (Å²) in [5.41, 5.74) is 2.28. The number of hydrogen-bond donors (Lipinski definition) is 1. The molecular formula is C25H26FNO3. The summed E-state index contributed by atoms with van der Waals surface area (Å²) in [5, 5.41) is 2.60. The lowest BCUT2D eigenvalue weighted by Gasteiger charge is -2.23. The Hall–Kier alpha value is -3.34. The van der Waals surface area contributed by atoms with Crippen molar-refractivity contribution in [1.29, 1.82) is 0 Å². The van der Waals surface area contributed by atoms with E-state index in [2.05, 4.69) is 26.1 Å². The Morgan fingerprint density at radius 3 is 2.37 bits per heavy atom. The summed E-state index contributed by atoms with van der Waals surface area (Å²) in [7, 11) is 1.57. The molecule has 0 spiro atoms. The number of nitrogens with one attached hydrogen (secondary N) is 1. The van der Waals surface area contributed by atoms with Crippen LogP contribution in [0.4, 0.5) is 10.1 Å². The minimum atomic E-state index is -0.485. The highest BCUT2D eigenvalue weighted by Crippen LogP contribution is 2.32. The molecule has 0 aliphatic carbocycles. The molecule has 0 heterocycles. The molecule has 0 fully saturated rings. The topological polar surface area (TPSA) is 47.6 Å². The van der Waals surface area contributed by atoms with Gasteiger partial charge in [-0.3, -0.25) is 4.79 Å². The molecule has 3 aromatic carbocycles. The number of rotatable bonds is 6. The van der Waals surface area contributed by atoms with Crippen molar-refractivity contribution in [3.05, 3.63) is 89.2 Å². The molecule has 4 nitrogen and oxygen atoms in total. The molecule has 0 atom stereocenters. The molecule has 156 valence electrons. The Kier molecular flexibility index (Phi) is 6.40. The molecule has 1 amide bonds. The number of hydrogen-bond acceptors (Lipinski definition) is 3. The molecule has 1 N–H and O–H groups in total. The van der Waals surface area contributed by atoms with Gasteiger partial charge in [-0.2, -0.15) is 0 Å². The van der Waals surface area contributed by atoms with Crippen LogP contribution in [-0.2, 0) is 12.0 Å². The Bertz CT molecular complexity index is 1040. The fourth-order valence-corrected chi connectivity index (χ4v) is 3.16. The molecule has 3 aromatic rings. The Labute approximate surface area is 176 Å². The van der Waals surface area contributed by atoms with E-state index in [9.17, 15) is 9.18 Å². The number of amides is 1. The molecular weight excluding hydrogens is 381 g/mol. The van der Waals surface area contributed by atoms with Crippen LogP contribution in [0.25, 0.3) is 0 Å². The average Bonchev–Trinajstić information content (AvgIpc) is 2.73. The molecule has 0 aliphatic rings. The van der Waals surface area contributed by atoms with Crippen LogP contribution in [-0.4, -0.2) is 13.0 Å². The number of anilines is 1. The van der Waals surface area contributed by atoms with Gasteiger partial charge in [-0.15, -0.1) is 0 Å². The zero-order valence-corrected chi connectivity index (χ0v) is 17.7. The SMILES string of the molecule is COc1ccc(C(=O)Nc2ccccc2F)cc1COc1ccccc1C(C)(C)C. The summed E-state index contributed by atoms with van der Waals surface area (Å²) >= 11 is 0. The number of carbonyl (C=O) groups excluding carboxylic acids is 1. The highest BCUT2D eigenvalue weighted by molar-refractivity contribution is 6.04. The van der Waals surface area contributed by atoms with Crippen molar-refractivity contribution in [3.63, 3.8) is 0 Å². The minimum Gasteiger partial charge on any atom is -0.496 e. The molecule has 0 bridgehead atoms. The number of methoxy groups -OCH3 is 1. The Balaban J connectivity index is 1.82. The Morgan fingerprint density at radius 2 is 1.67 bits per heavy atom. The first-order valence-corrected chi connectivity index (χ1v) is 9.74. The van der Waals surface area contributed by atoms with E-state index in [0.717, 1.165) is 16.9 Å². The smallest absolute Gasteiger partial charge is 0.255 e. The summed E-state index contributed by atoms with van der Waals surface area (Å²) in [6, 6.07) is 19.0. The van der Waals surface area contributed by atoms with Gasteiger partial charge in [0.25, 0.3) is 5.91 Å². The van der Waals surface area contributed by atoms with E-state index in [1.165, 1.54) is 12.1 Å². The van der Waals surface area contributed by atoms with Crippen LogP contribution >= 0.6 is 0 Å². The van der Waals surface area contributed by atoms with Gasteiger partial charge in [-0.25, -0.2) is 4.39 Å². The standard InChI is InChI=1S/C25H26FNO3/c1-25(2,3)19-9-5-8-12-23(19)30-16-18-15-17(13-14-22(18)29-4)24(28)27-21-11-7-6-10-20(21)26/h5-15H,16H2,1-4H3,(H,27,28). The van der Waals surface area contributed by atoms with E-state index in [-0.39, 0.29) is 17.7 Å². The normalized spacial score (nSPS) is 11.1. The van der Waals surface area contributed by atoms with Crippen LogP contribution in [0.1, 0.15) is 42.3 Å². The van der Waals surface area contributed by atoms with Gasteiger partial charge in [0.15, 0.2) is 0 Å². The molecule has 0 unspecified atom stereocenters. The number of benzene rings is 3. The van der Waals surface area contributed by atoms with E-state index in [1.54, 1.807) is 37.4 Å². The first-order chi connectivity index (χ1) is 14.3. The number of para-hydroxylation sites is 2. The summed E-state index contributed by atoms with van der Waals surface area (Å²) in [6.45, 7) is 6.62. The minimum absolute atomic E-state index is 0.0673. The molecule has 3 rings (SSSR count). The zero-order chi connectivity index (χ0) is 21.7. The lowest BCUT2D eigenvalue weighted by molar-refractivity contribution is 0.102. The van der Waals surface area contributed by atoms with Crippen molar-refractivity contribution >= 4 is 11.6 Å². The zero-order valence-electron chi connectivity index (χ0n) is 17.7. The van der Waals surface area contributed by atoms with Crippen LogP contribution in [0.15, 0.2) is 66.7 Å². The largest absolute Gasteiger partial charge is 0.496 e. The quantitative estimate of drug-likeness (QED) is 0.548. The maximum atomic E-state index is 13.9. The fraction of sp³-hybridized carbons (Fsp3) is 0.240. The van der Waals surface area contributed by atoms with Crippen molar-refractivity contribution in [1.82, 2.24) is 0 Å². The van der Waals surface area contributed by atoms with Crippen molar-refractivity contribution < 1.29 is 18.7 Å². The van der Waals surface area contributed by atoms with Gasteiger partial charge in [0.1, 0.15) is 23.9 Å². The number of halogens is 1. The van der Waals surface area contributed by atoms with Gasteiger partial charge in [-0.1, -0.05) is 51.1 Å². The van der Waals surface area contributed by atoms with E-state index in [4.69, 9.17) is 9.47 Å². The highest BCUT2D eigenvalue weighted by atomic mass is 19.1. The fourth-order valence-electron chi connectivity index (χ4n) is 3.16. The van der Waals surface area contributed by atoms with E-state index < -0.39 is 11.7 Å². The maximum Gasteiger partial charge on any atom is 0.255 e. The third-order valence-corrected chi connectivity index (χ3v) is 4.74. The van der Waals surface area contributed by atoms with Crippen molar-refractivity contribution in [2.75, 3.05) is 12.4 Å². The predicted octanol–water partition coefficient (Wildman–Crippen LogP) is 5.96. The molecule has 0 aliphatic heterocycles. The highest BCUT2D eigenvalue weighted by Gasteiger charge is 2.19. The first-order valence-electron chi connectivity index (χ1n) is 9.74. The molecule has 0 saturated heterocycles. The molecule has 0 saturated carbocycles. The molecule has 5 heteroatoms. The third-order valence-electron chi connectivity index (χ3n) is 4.74. The van der Waals surface area contributed by atoms with Gasteiger partial charge in [0.05, 0.1) is 12.8 Å². The predicted molar refractivity (Wildman–Crippen MR) is 117 cm³/mol. The molecule has 0 aromatic heterocycles. The summed E-state index contributed by atoms with van der Waals surface area (Å²) in [4.78, 5) is 12.6. The summed E-state index contributed by atoms with van der Waals surface area (Å²) in [6.07, 6.45) is 0. The van der Waals surface area contributed by atoms with E-state index >= 15 is 0 Å². The van der Waals surface area contributed by atoms with Crippen molar-refractivity contribution in [2.45, 2.75) is 32.8 Å². The van der Waals surface area contributed by atoms with Gasteiger partial charge in [0.2, 0.25) is 0 Å². The second-order valence-electron chi connectivity index (χ2n) is 8.00. The van der Waals surface area contributed by atoms with Gasteiger partial charge < -0.3 is 14.8 Å². The number of ether oxygens (including phenoxy) is 2. The first kappa shape index (κ1) is 21.4. The molecule has 30 heavy (non-hydrogen) atoms. The van der Waals surface area contributed by atoms with Crippen LogP contribution in [0.5, 0.6) is 11.5 Å². The van der Waals surface area contributed by atoms with E-state index in [1.807, 2.05) is 24.3 Å². The van der Waals surface area contributed by atoms with Gasteiger partial charge >= 0.3 is 0 Å². The van der Waals surface area contributed by atoms with E-state index in [0.29, 0.717) is 11.3 Å². The Morgan fingerprint density at radius 1 is 0.967 bits per heavy atom. The van der Waals surface area contributed by atoms with Crippen LogP contribution < -0.4 is 14.8 Å². The lowest BCUT2D eigenvalue weighted by atomic mass is 9.86. The second kappa shape index (κ2) is 8.99. The van der Waals surface area contributed by atoms with Crippen LogP contribution in [0.2, 0.25) is 0 Å². The third kappa shape index (κ3) is 4.98. The van der Waals surface area contributed by atoms with Crippen LogP contribution in [0, 0.1) is 5.82 Å². The van der Waals surface area contributed by atoms with Crippen molar-refractivity contribution in [2.24, 2.45) is 0 Å².